The summed E-state index contributed by atoms with van der Waals surface area (Å²) < 4.78 is 5.58. The van der Waals surface area contributed by atoms with E-state index in [1.807, 2.05) is 24.5 Å². The van der Waals surface area contributed by atoms with Gasteiger partial charge in [0.2, 0.25) is 6.10 Å². The van der Waals surface area contributed by atoms with E-state index >= 15 is 0 Å². The van der Waals surface area contributed by atoms with Gasteiger partial charge in [0.25, 0.3) is 5.91 Å². The molecule has 5 nitrogen and oxygen atoms in total. The number of benzene rings is 3. The number of hydrogen-bond donors (Lipinski definition) is 1. The first-order chi connectivity index (χ1) is 14.5. The van der Waals surface area contributed by atoms with E-state index in [2.05, 4.69) is 5.32 Å². The third kappa shape index (κ3) is 5.36. The summed E-state index contributed by atoms with van der Waals surface area (Å²) in [6, 6.07) is 22.4. The Bertz CT molecular complexity index is 1050. The summed E-state index contributed by atoms with van der Waals surface area (Å²) >= 11 is 1.57. The number of Topliss-reactive ketones (excluding diaryl/α,β-unsaturated/α-hetero) is 1. The Balaban J connectivity index is 1.83. The van der Waals surface area contributed by atoms with Crippen molar-refractivity contribution in [1.29, 1.82) is 0 Å². The van der Waals surface area contributed by atoms with Gasteiger partial charge < -0.3 is 10.1 Å². The normalized spacial score (nSPS) is 11.4. The van der Waals surface area contributed by atoms with Gasteiger partial charge in [-0.25, -0.2) is 4.79 Å². The maximum atomic E-state index is 13.0. The number of anilines is 1. The fourth-order valence-electron chi connectivity index (χ4n) is 2.83. The third-order valence-corrected chi connectivity index (χ3v) is 5.17. The van der Waals surface area contributed by atoms with Crippen LogP contribution in [0.25, 0.3) is 0 Å². The van der Waals surface area contributed by atoms with E-state index in [-0.39, 0.29) is 5.78 Å². The molecule has 1 N–H and O–H groups in total. The Labute approximate surface area is 179 Å². The molecule has 3 aromatic carbocycles. The highest BCUT2D eigenvalue weighted by Gasteiger charge is 2.26. The highest BCUT2D eigenvalue weighted by Crippen LogP contribution is 2.23. The average molecular weight is 420 g/mol. The number of hydrogen-bond acceptors (Lipinski definition) is 5. The van der Waals surface area contributed by atoms with E-state index in [0.717, 1.165) is 4.90 Å². The van der Waals surface area contributed by atoms with Crippen LogP contribution in [0.5, 0.6) is 0 Å². The number of ether oxygens (including phenoxy) is 1. The van der Waals surface area contributed by atoms with Crippen LogP contribution in [0.4, 0.5) is 5.69 Å². The molecule has 0 aliphatic heterocycles. The monoisotopic (exact) mass is 419 g/mol. The highest BCUT2D eigenvalue weighted by molar-refractivity contribution is 7.98. The van der Waals surface area contributed by atoms with Gasteiger partial charge in [0.15, 0.2) is 5.78 Å². The zero-order chi connectivity index (χ0) is 21.5. The van der Waals surface area contributed by atoms with Crippen molar-refractivity contribution in [2.24, 2.45) is 0 Å². The minimum atomic E-state index is -1.14. The molecular weight excluding hydrogens is 398 g/mol. The fourth-order valence-corrected chi connectivity index (χ4v) is 3.23. The molecule has 0 saturated carbocycles. The van der Waals surface area contributed by atoms with Crippen molar-refractivity contribution >= 4 is 35.1 Å². The summed E-state index contributed by atoms with van der Waals surface area (Å²) in [5, 5.41) is 2.74. The number of rotatable bonds is 7. The van der Waals surface area contributed by atoms with Crippen LogP contribution in [0.1, 0.15) is 39.3 Å². The Morgan fingerprint density at radius 1 is 0.867 bits per heavy atom. The number of carbonyl (C=O) groups excluding carboxylic acids is 3. The molecule has 0 fully saturated rings. The lowest BCUT2D eigenvalue weighted by molar-refractivity contribution is -0.125. The predicted molar refractivity (Wildman–Crippen MR) is 118 cm³/mol. The van der Waals surface area contributed by atoms with Crippen molar-refractivity contribution in [3.8, 4) is 0 Å². The van der Waals surface area contributed by atoms with Crippen LogP contribution in [0, 0.1) is 0 Å². The van der Waals surface area contributed by atoms with Crippen molar-refractivity contribution in [3.63, 3.8) is 0 Å². The zero-order valence-corrected chi connectivity index (χ0v) is 17.4. The molecule has 0 bridgehead atoms. The maximum Gasteiger partial charge on any atom is 0.339 e. The van der Waals surface area contributed by atoms with Gasteiger partial charge in [0, 0.05) is 21.7 Å². The van der Waals surface area contributed by atoms with Crippen molar-refractivity contribution < 1.29 is 19.1 Å². The average Bonchev–Trinajstić information content (AvgIpc) is 2.78. The molecule has 0 aliphatic rings. The number of thioether (sulfide) groups is 1. The third-order valence-electron chi connectivity index (χ3n) is 4.43. The fraction of sp³-hybridized carbons (Fsp3) is 0.125. The van der Waals surface area contributed by atoms with Crippen LogP contribution < -0.4 is 5.32 Å². The molecule has 0 spiro atoms. The van der Waals surface area contributed by atoms with Gasteiger partial charge in [-0.3, -0.25) is 9.59 Å². The second kappa shape index (κ2) is 9.89. The van der Waals surface area contributed by atoms with Gasteiger partial charge >= 0.3 is 5.97 Å². The Hall–Kier alpha value is -3.38. The molecule has 3 aromatic rings. The molecular formula is C24H21NO4S. The van der Waals surface area contributed by atoms with Gasteiger partial charge in [0.05, 0.1) is 5.56 Å². The van der Waals surface area contributed by atoms with E-state index in [4.69, 9.17) is 4.74 Å². The Kier molecular flexibility index (Phi) is 7.03. The molecule has 0 aliphatic carbocycles. The molecule has 1 amide bonds. The standard InChI is InChI=1S/C24H21NO4S/c1-16(26)19-9-6-10-20(15-19)25-23(27)22(17-7-4-3-5-8-17)29-24(28)18-11-13-21(30-2)14-12-18/h3-15,22H,1-2H3,(H,25,27)/t22-/m1/s1. The SMILES string of the molecule is CSc1ccc(C(=O)O[C@@H](C(=O)Nc2cccc(C(C)=O)c2)c2ccccc2)cc1. The zero-order valence-electron chi connectivity index (χ0n) is 16.6. The Morgan fingerprint density at radius 2 is 1.57 bits per heavy atom. The van der Waals surface area contributed by atoms with Crippen molar-refractivity contribution in [1.82, 2.24) is 0 Å². The molecule has 30 heavy (non-hydrogen) atoms. The summed E-state index contributed by atoms with van der Waals surface area (Å²) in [6.45, 7) is 1.46. The summed E-state index contributed by atoms with van der Waals surface area (Å²) in [6.07, 6.45) is 0.810. The molecule has 6 heteroatoms. The van der Waals surface area contributed by atoms with Crippen LogP contribution in [-0.4, -0.2) is 23.9 Å². The van der Waals surface area contributed by atoms with Crippen LogP contribution >= 0.6 is 11.8 Å². The minimum absolute atomic E-state index is 0.106. The van der Waals surface area contributed by atoms with Crippen molar-refractivity contribution in [3.05, 3.63) is 95.6 Å². The smallest absolute Gasteiger partial charge is 0.339 e. The first kappa shape index (κ1) is 21.3. The molecule has 152 valence electrons. The molecule has 3 rings (SSSR count). The largest absolute Gasteiger partial charge is 0.444 e. The molecule has 0 unspecified atom stereocenters. The molecule has 1 atom stereocenters. The van der Waals surface area contributed by atoms with Gasteiger partial charge in [0.1, 0.15) is 0 Å². The lowest BCUT2D eigenvalue weighted by Crippen LogP contribution is -2.26. The number of ketones is 1. The van der Waals surface area contributed by atoms with Gasteiger partial charge in [-0.2, -0.15) is 0 Å². The summed E-state index contributed by atoms with van der Waals surface area (Å²) in [4.78, 5) is 38.3. The number of carbonyl (C=O) groups is 3. The van der Waals surface area contributed by atoms with E-state index in [1.54, 1.807) is 72.4 Å². The molecule has 0 aromatic heterocycles. The lowest BCUT2D eigenvalue weighted by atomic mass is 10.1. The maximum absolute atomic E-state index is 13.0. The summed E-state index contributed by atoms with van der Waals surface area (Å²) in [7, 11) is 0. The molecule has 0 heterocycles. The van der Waals surface area contributed by atoms with Crippen molar-refractivity contribution in [2.75, 3.05) is 11.6 Å². The number of amides is 1. The van der Waals surface area contributed by atoms with Crippen molar-refractivity contribution in [2.45, 2.75) is 17.9 Å². The topological polar surface area (TPSA) is 72.5 Å². The number of esters is 1. The van der Waals surface area contributed by atoms with E-state index in [1.165, 1.54) is 6.92 Å². The van der Waals surface area contributed by atoms with Crippen LogP contribution in [-0.2, 0) is 9.53 Å². The number of nitrogens with one attached hydrogen (secondary N) is 1. The van der Waals surface area contributed by atoms with E-state index in [0.29, 0.717) is 22.4 Å². The van der Waals surface area contributed by atoms with E-state index < -0.39 is 18.0 Å². The Morgan fingerprint density at radius 3 is 2.20 bits per heavy atom. The lowest BCUT2D eigenvalue weighted by Gasteiger charge is -2.18. The first-order valence-corrected chi connectivity index (χ1v) is 10.5. The molecule has 0 radical (unpaired) electrons. The van der Waals surface area contributed by atoms with E-state index in [9.17, 15) is 14.4 Å². The van der Waals surface area contributed by atoms with Gasteiger partial charge in [-0.1, -0.05) is 42.5 Å². The molecule has 0 saturated heterocycles. The highest BCUT2D eigenvalue weighted by atomic mass is 32.2. The van der Waals surface area contributed by atoms with Crippen LogP contribution in [0.15, 0.2) is 83.8 Å². The van der Waals surface area contributed by atoms with Gasteiger partial charge in [-0.05, 0) is 49.6 Å². The summed E-state index contributed by atoms with van der Waals surface area (Å²) in [5.74, 6) is -1.20. The second-order valence-corrected chi connectivity index (χ2v) is 7.43. The minimum Gasteiger partial charge on any atom is -0.444 e. The van der Waals surface area contributed by atoms with Gasteiger partial charge in [-0.15, -0.1) is 11.8 Å². The second-order valence-electron chi connectivity index (χ2n) is 6.55. The predicted octanol–water partition coefficient (Wildman–Crippen LogP) is 5.15. The quantitative estimate of drug-likeness (QED) is 0.326. The first-order valence-electron chi connectivity index (χ1n) is 9.30. The van der Waals surface area contributed by atoms with Crippen LogP contribution in [0.2, 0.25) is 0 Å². The van der Waals surface area contributed by atoms with Crippen LogP contribution in [0.3, 0.4) is 0 Å². The summed E-state index contributed by atoms with van der Waals surface area (Å²) in [5.41, 5.74) is 1.84.